The number of Topliss-reactive ketones (excluding diaryl/α,β-unsaturated/α-hetero) is 1. The van der Waals surface area contributed by atoms with Crippen LogP contribution in [0.5, 0.6) is 11.5 Å². The van der Waals surface area contributed by atoms with Gasteiger partial charge in [0.05, 0.1) is 23.0 Å². The smallest absolute Gasteiger partial charge is 0.416 e. The Balaban J connectivity index is 0.956. The van der Waals surface area contributed by atoms with E-state index < -0.39 is 17.6 Å². The fraction of sp³-hybridized carbons (Fsp3) is 0.409. The van der Waals surface area contributed by atoms with Crippen molar-refractivity contribution in [2.24, 2.45) is 5.41 Å². The molecule has 288 valence electrons. The number of fused-ring (bicyclic) bond motifs is 1. The van der Waals surface area contributed by atoms with Crippen LogP contribution in [0, 0.1) is 11.2 Å². The molecule has 11 heteroatoms. The molecule has 1 saturated carbocycles. The van der Waals surface area contributed by atoms with E-state index in [2.05, 4.69) is 62.8 Å². The molecule has 0 unspecified atom stereocenters. The monoisotopic (exact) mass is 753 g/mol. The van der Waals surface area contributed by atoms with Crippen LogP contribution in [0.4, 0.5) is 23.2 Å². The van der Waals surface area contributed by atoms with Crippen molar-refractivity contribution in [3.63, 3.8) is 0 Å². The molecule has 0 bridgehead atoms. The summed E-state index contributed by atoms with van der Waals surface area (Å²) < 4.78 is 61.5. The van der Waals surface area contributed by atoms with Crippen LogP contribution in [0.3, 0.4) is 0 Å². The number of hydrogen-bond acceptors (Lipinski definition) is 6. The average molecular weight is 754 g/mol. The average Bonchev–Trinajstić information content (AvgIpc) is 3.62. The molecule has 3 aromatic carbocycles. The Labute approximate surface area is 319 Å². The van der Waals surface area contributed by atoms with Crippen molar-refractivity contribution in [3.8, 4) is 11.5 Å². The molecule has 55 heavy (non-hydrogen) atoms. The minimum atomic E-state index is -4.35. The van der Waals surface area contributed by atoms with Crippen molar-refractivity contribution in [1.82, 2.24) is 19.8 Å². The van der Waals surface area contributed by atoms with Crippen LogP contribution >= 0.6 is 0 Å². The van der Waals surface area contributed by atoms with Gasteiger partial charge >= 0.3 is 6.18 Å². The van der Waals surface area contributed by atoms with E-state index in [1.54, 1.807) is 30.6 Å². The maximum Gasteiger partial charge on any atom is 0.416 e. The van der Waals surface area contributed by atoms with Gasteiger partial charge in [0.15, 0.2) is 5.78 Å². The number of rotatable bonds is 9. The van der Waals surface area contributed by atoms with E-state index in [1.807, 2.05) is 12.1 Å². The number of ether oxygens (including phenoxy) is 1. The zero-order chi connectivity index (χ0) is 38.5. The maximum absolute atomic E-state index is 15.7. The van der Waals surface area contributed by atoms with E-state index in [4.69, 9.17) is 4.74 Å². The number of benzene rings is 3. The first kappa shape index (κ1) is 37.2. The third kappa shape index (κ3) is 7.61. The lowest BCUT2D eigenvalue weighted by Crippen LogP contribution is -2.60. The lowest BCUT2D eigenvalue weighted by atomic mass is 9.59. The second-order valence-corrected chi connectivity index (χ2v) is 16.1. The Morgan fingerprint density at radius 2 is 1.73 bits per heavy atom. The quantitative estimate of drug-likeness (QED) is 0.119. The Morgan fingerprint density at radius 1 is 0.982 bits per heavy atom. The molecular weight excluding hydrogens is 707 g/mol. The summed E-state index contributed by atoms with van der Waals surface area (Å²) in [5, 5.41) is 0.875. The number of piperazine rings is 1. The molecule has 8 rings (SSSR count). The molecular formula is C44H47F4N5O2. The van der Waals surface area contributed by atoms with E-state index in [0.29, 0.717) is 48.8 Å². The highest BCUT2D eigenvalue weighted by molar-refractivity contribution is 5.97. The summed E-state index contributed by atoms with van der Waals surface area (Å²) >= 11 is 0. The number of alkyl halides is 3. The topological polar surface area (TPSA) is 64.7 Å². The molecule has 0 amide bonds. The van der Waals surface area contributed by atoms with Gasteiger partial charge in [-0.2, -0.15) is 13.2 Å². The maximum atomic E-state index is 15.7. The molecule has 4 heterocycles. The zero-order valence-electron chi connectivity index (χ0n) is 31.5. The van der Waals surface area contributed by atoms with Gasteiger partial charge < -0.3 is 14.6 Å². The SMILES string of the molecule is CC(=O)c1cc(F)c(N2CCC3(CC2)CC(N2CCN(Cc4ccc(C(F)(F)F)cc4)C[C@H]2c2ccccc2C(C)C)C3)cc1Oc1cnc2[nH]ccc2c1. The van der Waals surface area contributed by atoms with Crippen molar-refractivity contribution in [2.45, 2.75) is 77.2 Å². The van der Waals surface area contributed by atoms with Crippen LogP contribution in [0.25, 0.3) is 11.0 Å². The lowest BCUT2D eigenvalue weighted by Gasteiger charge is -2.58. The number of pyridine rings is 1. The summed E-state index contributed by atoms with van der Waals surface area (Å²) in [5.41, 5.74) is 4.48. The number of hydrogen-bond donors (Lipinski definition) is 1. The van der Waals surface area contributed by atoms with E-state index in [0.717, 1.165) is 61.9 Å². The summed E-state index contributed by atoms with van der Waals surface area (Å²) in [4.78, 5) is 27.1. The van der Waals surface area contributed by atoms with Gasteiger partial charge in [0, 0.05) is 69.0 Å². The molecule has 0 radical (unpaired) electrons. The number of nitrogens with one attached hydrogen (secondary N) is 1. The lowest BCUT2D eigenvalue weighted by molar-refractivity contribution is -0.137. The second-order valence-electron chi connectivity index (χ2n) is 16.1. The highest BCUT2D eigenvalue weighted by atomic mass is 19.4. The fourth-order valence-electron chi connectivity index (χ4n) is 9.16. The molecule has 2 aliphatic heterocycles. The Hall–Kier alpha value is -4.74. The first-order valence-electron chi connectivity index (χ1n) is 19.3. The van der Waals surface area contributed by atoms with E-state index in [1.165, 1.54) is 36.2 Å². The van der Waals surface area contributed by atoms with Crippen molar-refractivity contribution >= 4 is 22.5 Å². The number of ketones is 1. The number of aromatic nitrogens is 2. The number of nitrogens with zero attached hydrogens (tertiary/aromatic N) is 4. The van der Waals surface area contributed by atoms with Crippen molar-refractivity contribution < 1.29 is 27.1 Å². The van der Waals surface area contributed by atoms with Gasteiger partial charge in [-0.1, -0.05) is 50.2 Å². The van der Waals surface area contributed by atoms with Crippen molar-refractivity contribution in [1.29, 1.82) is 0 Å². The summed E-state index contributed by atoms with van der Waals surface area (Å²) in [6, 6.07) is 21.5. The summed E-state index contributed by atoms with van der Waals surface area (Å²) in [7, 11) is 0. The van der Waals surface area contributed by atoms with Crippen LogP contribution in [-0.2, 0) is 12.7 Å². The number of carbonyl (C=O) groups is 1. The molecule has 3 fully saturated rings. The first-order chi connectivity index (χ1) is 26.4. The third-order valence-corrected chi connectivity index (χ3v) is 12.2. The summed E-state index contributed by atoms with van der Waals surface area (Å²) in [6.07, 6.45) is 3.09. The third-order valence-electron chi connectivity index (χ3n) is 12.2. The van der Waals surface area contributed by atoms with Crippen LogP contribution in [-0.4, -0.2) is 64.3 Å². The van der Waals surface area contributed by atoms with Gasteiger partial charge in [-0.3, -0.25) is 14.6 Å². The number of aromatic amines is 1. The van der Waals surface area contributed by atoms with Gasteiger partial charge in [0.25, 0.3) is 0 Å². The molecule has 2 saturated heterocycles. The first-order valence-corrected chi connectivity index (χ1v) is 19.3. The normalized spacial score (nSPS) is 19.6. The predicted octanol–water partition coefficient (Wildman–Crippen LogP) is 10.1. The van der Waals surface area contributed by atoms with Gasteiger partial charge in [0.2, 0.25) is 0 Å². The Morgan fingerprint density at radius 3 is 2.44 bits per heavy atom. The standard InChI is InChI=1S/C44H47F4N5O2/c1-28(2)35-6-4-5-7-36(35)40-27-51(26-30-8-10-32(11-9-30)44(46,47)48)18-19-53(40)33-23-43(24-33)13-16-52(17-14-43)39-22-41(37(29(3)54)21-38(39)45)55-34-20-31-12-15-49-42(31)50-25-34/h4-12,15,20-22,25,28,33,40H,13-14,16-19,23-24,26-27H2,1-3H3,(H,49,50)/t40-/m0/s1. The molecule has 2 aromatic heterocycles. The Kier molecular flexibility index (Phi) is 9.96. The molecule has 5 aromatic rings. The highest BCUT2D eigenvalue weighted by Gasteiger charge is 2.50. The van der Waals surface area contributed by atoms with Gasteiger partial charge in [0.1, 0.15) is 23.0 Å². The van der Waals surface area contributed by atoms with Crippen LogP contribution in [0.2, 0.25) is 0 Å². The van der Waals surface area contributed by atoms with Crippen LogP contribution in [0.1, 0.15) is 91.0 Å². The van der Waals surface area contributed by atoms with E-state index in [-0.39, 0.29) is 22.8 Å². The predicted molar refractivity (Wildman–Crippen MR) is 206 cm³/mol. The number of H-pyrrole nitrogens is 1. The summed E-state index contributed by atoms with van der Waals surface area (Å²) in [5.74, 6) is 0.439. The zero-order valence-corrected chi connectivity index (χ0v) is 31.5. The molecule has 1 spiro atoms. The number of anilines is 1. The number of piperidine rings is 1. The molecule has 1 atom stereocenters. The van der Waals surface area contributed by atoms with Gasteiger partial charge in [-0.25, -0.2) is 9.37 Å². The Bertz CT molecular complexity index is 2170. The number of halogens is 4. The molecule has 7 nitrogen and oxygen atoms in total. The largest absolute Gasteiger partial charge is 0.455 e. The minimum absolute atomic E-state index is 0.171. The van der Waals surface area contributed by atoms with Crippen molar-refractivity contribution in [2.75, 3.05) is 37.6 Å². The van der Waals surface area contributed by atoms with Gasteiger partial charge in [-0.05, 0) is 91.0 Å². The van der Waals surface area contributed by atoms with Crippen LogP contribution in [0.15, 0.2) is 85.2 Å². The van der Waals surface area contributed by atoms with Crippen LogP contribution < -0.4 is 9.64 Å². The highest BCUT2D eigenvalue weighted by Crippen LogP contribution is 2.53. The van der Waals surface area contributed by atoms with E-state index in [9.17, 15) is 18.0 Å². The fourth-order valence-corrected chi connectivity index (χ4v) is 9.16. The minimum Gasteiger partial charge on any atom is -0.455 e. The van der Waals surface area contributed by atoms with Crippen molar-refractivity contribution in [3.05, 3.63) is 119 Å². The molecule has 1 aliphatic carbocycles. The molecule has 3 aliphatic rings. The second kappa shape index (κ2) is 14.7. The summed E-state index contributed by atoms with van der Waals surface area (Å²) in [6.45, 7) is 10.4. The number of carbonyl (C=O) groups excluding carboxylic acids is 1. The van der Waals surface area contributed by atoms with E-state index >= 15 is 4.39 Å². The molecule has 1 N–H and O–H groups in total. The van der Waals surface area contributed by atoms with Gasteiger partial charge in [-0.15, -0.1) is 0 Å².